The SMILES string of the molecule is CN(C)C(CNC(=O)C1(C)Cc2ccccc2C(=O)O1)c1cccc(F)c1. The Balaban J connectivity index is 1.74. The van der Waals surface area contributed by atoms with Gasteiger partial charge in [-0.3, -0.25) is 4.79 Å². The number of hydrogen-bond donors (Lipinski definition) is 1. The molecule has 2 aromatic carbocycles. The van der Waals surface area contributed by atoms with Crippen LogP contribution in [0.1, 0.15) is 34.5 Å². The molecule has 1 aliphatic rings. The van der Waals surface area contributed by atoms with Crippen molar-refractivity contribution in [2.75, 3.05) is 20.6 Å². The third-order valence-electron chi connectivity index (χ3n) is 4.88. The van der Waals surface area contributed by atoms with Gasteiger partial charge in [0.2, 0.25) is 0 Å². The van der Waals surface area contributed by atoms with Crippen molar-refractivity contribution >= 4 is 11.9 Å². The summed E-state index contributed by atoms with van der Waals surface area (Å²) in [4.78, 5) is 27.0. The van der Waals surface area contributed by atoms with E-state index in [1.54, 1.807) is 25.1 Å². The van der Waals surface area contributed by atoms with E-state index in [0.717, 1.165) is 11.1 Å². The minimum absolute atomic E-state index is 0.208. The molecule has 0 saturated carbocycles. The topological polar surface area (TPSA) is 58.6 Å². The second-order valence-electron chi connectivity index (χ2n) is 7.20. The van der Waals surface area contributed by atoms with Crippen LogP contribution in [0.5, 0.6) is 0 Å². The van der Waals surface area contributed by atoms with Crippen LogP contribution in [0.3, 0.4) is 0 Å². The summed E-state index contributed by atoms with van der Waals surface area (Å²) in [7, 11) is 3.72. The Bertz CT molecular complexity index is 868. The highest BCUT2D eigenvalue weighted by atomic mass is 19.1. The van der Waals surface area contributed by atoms with Crippen LogP contribution in [-0.4, -0.2) is 43.0 Å². The van der Waals surface area contributed by atoms with E-state index >= 15 is 0 Å². The van der Waals surface area contributed by atoms with Crippen LogP contribution in [0, 0.1) is 5.82 Å². The quantitative estimate of drug-likeness (QED) is 0.823. The predicted octanol–water partition coefficient (Wildman–Crippen LogP) is 2.72. The average molecular weight is 370 g/mol. The number of nitrogens with zero attached hydrogens (tertiary/aromatic N) is 1. The van der Waals surface area contributed by atoms with Gasteiger partial charge in [0.15, 0.2) is 5.60 Å². The molecule has 0 saturated heterocycles. The van der Waals surface area contributed by atoms with Gasteiger partial charge in [0.05, 0.1) is 11.6 Å². The standard InChI is InChI=1S/C21H23FN2O3/c1-21(12-15-7-4-5-10-17(15)19(25)27-21)20(26)23-13-18(24(2)3)14-8-6-9-16(22)11-14/h4-11,18H,12-13H2,1-3H3,(H,23,26). The van der Waals surface area contributed by atoms with Crippen molar-refractivity contribution in [1.82, 2.24) is 10.2 Å². The molecule has 0 bridgehead atoms. The van der Waals surface area contributed by atoms with Crippen LogP contribution in [0.15, 0.2) is 48.5 Å². The summed E-state index contributed by atoms with van der Waals surface area (Å²) in [6.07, 6.45) is 0.313. The number of esters is 1. The molecule has 1 amide bonds. The lowest BCUT2D eigenvalue weighted by Crippen LogP contribution is -2.52. The molecule has 0 aromatic heterocycles. The van der Waals surface area contributed by atoms with Crippen LogP contribution < -0.4 is 5.32 Å². The molecule has 0 spiro atoms. The first-order valence-corrected chi connectivity index (χ1v) is 8.81. The van der Waals surface area contributed by atoms with Crippen LogP contribution in [-0.2, 0) is 16.0 Å². The highest BCUT2D eigenvalue weighted by molar-refractivity contribution is 5.97. The molecule has 1 heterocycles. The molecular weight excluding hydrogens is 347 g/mol. The van der Waals surface area contributed by atoms with Gasteiger partial charge in [-0.1, -0.05) is 30.3 Å². The number of carbonyl (C=O) groups is 2. The van der Waals surface area contributed by atoms with Crippen LogP contribution >= 0.6 is 0 Å². The van der Waals surface area contributed by atoms with Gasteiger partial charge in [-0.15, -0.1) is 0 Å². The van der Waals surface area contributed by atoms with Crippen molar-refractivity contribution in [1.29, 1.82) is 0 Å². The summed E-state index contributed by atoms with van der Waals surface area (Å²) in [5.74, 6) is -1.19. The molecule has 2 aromatic rings. The monoisotopic (exact) mass is 370 g/mol. The van der Waals surface area contributed by atoms with Crippen LogP contribution in [0.2, 0.25) is 0 Å². The maximum atomic E-state index is 13.6. The van der Waals surface area contributed by atoms with Gasteiger partial charge in [0.1, 0.15) is 5.82 Å². The maximum absolute atomic E-state index is 13.6. The zero-order valence-electron chi connectivity index (χ0n) is 15.7. The molecular formula is C21H23FN2O3. The fraction of sp³-hybridized carbons (Fsp3) is 0.333. The molecule has 1 N–H and O–H groups in total. The van der Waals surface area contributed by atoms with E-state index < -0.39 is 11.6 Å². The minimum Gasteiger partial charge on any atom is -0.445 e. The van der Waals surface area contributed by atoms with Crippen molar-refractivity contribution in [3.05, 3.63) is 71.0 Å². The highest BCUT2D eigenvalue weighted by Gasteiger charge is 2.42. The van der Waals surface area contributed by atoms with Gasteiger partial charge >= 0.3 is 5.97 Å². The average Bonchev–Trinajstić information content (AvgIpc) is 2.61. The summed E-state index contributed by atoms with van der Waals surface area (Å²) in [6, 6.07) is 13.2. The number of hydrogen-bond acceptors (Lipinski definition) is 4. The van der Waals surface area contributed by atoms with Crippen molar-refractivity contribution in [2.45, 2.75) is 25.0 Å². The normalized spacial score (nSPS) is 20.0. The van der Waals surface area contributed by atoms with Gasteiger partial charge in [0.25, 0.3) is 5.91 Å². The second-order valence-corrected chi connectivity index (χ2v) is 7.20. The molecule has 142 valence electrons. The Morgan fingerprint density at radius 2 is 2.00 bits per heavy atom. The zero-order valence-corrected chi connectivity index (χ0v) is 15.7. The van der Waals surface area contributed by atoms with E-state index in [4.69, 9.17) is 4.74 Å². The molecule has 3 rings (SSSR count). The molecule has 6 heteroatoms. The van der Waals surface area contributed by atoms with E-state index in [-0.39, 0.29) is 24.3 Å². The fourth-order valence-corrected chi connectivity index (χ4v) is 3.35. The zero-order chi connectivity index (χ0) is 19.6. The number of fused-ring (bicyclic) bond motifs is 1. The number of ether oxygens (including phenoxy) is 1. The van der Waals surface area contributed by atoms with Crippen LogP contribution in [0.25, 0.3) is 0 Å². The van der Waals surface area contributed by atoms with Gasteiger partial charge in [-0.2, -0.15) is 0 Å². The molecule has 2 atom stereocenters. The van der Waals surface area contributed by atoms with Gasteiger partial charge in [-0.25, -0.2) is 9.18 Å². The first-order valence-electron chi connectivity index (χ1n) is 8.81. The minimum atomic E-state index is -1.27. The van der Waals surface area contributed by atoms with Gasteiger partial charge < -0.3 is 15.0 Å². The number of halogens is 1. The summed E-state index contributed by atoms with van der Waals surface area (Å²) in [6.45, 7) is 1.88. The lowest BCUT2D eigenvalue weighted by atomic mass is 9.89. The third kappa shape index (κ3) is 4.01. The number of rotatable bonds is 5. The summed E-state index contributed by atoms with van der Waals surface area (Å²) < 4.78 is 19.0. The largest absolute Gasteiger partial charge is 0.445 e. The highest BCUT2D eigenvalue weighted by Crippen LogP contribution is 2.28. The Labute approximate surface area is 158 Å². The first kappa shape index (κ1) is 19.0. The molecule has 1 aliphatic heterocycles. The van der Waals surface area contributed by atoms with Crippen LogP contribution in [0.4, 0.5) is 4.39 Å². The number of nitrogens with one attached hydrogen (secondary N) is 1. The fourth-order valence-electron chi connectivity index (χ4n) is 3.35. The Hall–Kier alpha value is -2.73. The van der Waals surface area contributed by atoms with E-state index in [1.165, 1.54) is 12.1 Å². The number of likely N-dealkylation sites (N-methyl/N-ethyl adjacent to an activating group) is 1. The number of amides is 1. The Morgan fingerprint density at radius 3 is 2.70 bits per heavy atom. The van der Waals surface area contributed by atoms with Crippen molar-refractivity contribution in [3.8, 4) is 0 Å². The van der Waals surface area contributed by atoms with Crippen molar-refractivity contribution in [3.63, 3.8) is 0 Å². The van der Waals surface area contributed by atoms with E-state index in [1.807, 2.05) is 37.2 Å². The number of benzene rings is 2. The van der Waals surface area contributed by atoms with E-state index in [9.17, 15) is 14.0 Å². The predicted molar refractivity (Wildman–Crippen MR) is 99.8 cm³/mol. The second kappa shape index (κ2) is 7.48. The summed E-state index contributed by atoms with van der Waals surface area (Å²) in [5, 5.41) is 2.86. The smallest absolute Gasteiger partial charge is 0.339 e. The summed E-state index contributed by atoms with van der Waals surface area (Å²) >= 11 is 0. The Kier molecular flexibility index (Phi) is 5.28. The molecule has 27 heavy (non-hydrogen) atoms. The third-order valence-corrected chi connectivity index (χ3v) is 4.88. The van der Waals surface area contributed by atoms with E-state index in [0.29, 0.717) is 12.0 Å². The molecule has 5 nitrogen and oxygen atoms in total. The first-order chi connectivity index (χ1) is 12.8. The number of cyclic esters (lactones) is 1. The molecule has 0 radical (unpaired) electrons. The lowest BCUT2D eigenvalue weighted by Gasteiger charge is -2.34. The van der Waals surface area contributed by atoms with Gasteiger partial charge in [0, 0.05) is 13.0 Å². The lowest BCUT2D eigenvalue weighted by molar-refractivity contribution is -0.140. The summed E-state index contributed by atoms with van der Waals surface area (Å²) in [5.41, 5.74) is 0.773. The molecule has 0 fully saturated rings. The van der Waals surface area contributed by atoms with E-state index in [2.05, 4.69) is 5.32 Å². The molecule has 2 unspecified atom stereocenters. The maximum Gasteiger partial charge on any atom is 0.339 e. The Morgan fingerprint density at radius 1 is 1.26 bits per heavy atom. The van der Waals surface area contributed by atoms with Gasteiger partial charge in [-0.05, 0) is 50.3 Å². The van der Waals surface area contributed by atoms with Crippen molar-refractivity contribution in [2.24, 2.45) is 0 Å². The molecule has 0 aliphatic carbocycles. The number of carbonyl (C=O) groups excluding carboxylic acids is 2. The van der Waals surface area contributed by atoms with Crippen molar-refractivity contribution < 1.29 is 18.7 Å².